The van der Waals surface area contributed by atoms with Gasteiger partial charge in [0.05, 0.1) is 17.3 Å². The van der Waals surface area contributed by atoms with Crippen LogP contribution >= 0.6 is 0 Å². The fourth-order valence-electron chi connectivity index (χ4n) is 6.37. The second-order valence-electron chi connectivity index (χ2n) is 12.7. The first kappa shape index (κ1) is 30.2. The number of imide groups is 2. The van der Waals surface area contributed by atoms with Crippen molar-refractivity contribution in [3.05, 3.63) is 114 Å². The van der Waals surface area contributed by atoms with Gasteiger partial charge < -0.3 is 14.8 Å². The SMILES string of the molecule is CC(C)(c1ccc(Oc2cccnc2)cc1)c1ccc(OC2CC(Nc3ccc4c(c3)C(=O)N(C3CCC(=O)NC3=O)C4=O)C2)cc1. The van der Waals surface area contributed by atoms with E-state index in [0.717, 1.165) is 34.9 Å². The third-order valence-corrected chi connectivity index (χ3v) is 9.23. The minimum Gasteiger partial charge on any atom is -0.490 e. The summed E-state index contributed by atoms with van der Waals surface area (Å²) in [6.07, 6.45) is 5.24. The van der Waals surface area contributed by atoms with Crippen LogP contribution in [0.2, 0.25) is 0 Å². The van der Waals surface area contributed by atoms with E-state index in [4.69, 9.17) is 9.47 Å². The largest absolute Gasteiger partial charge is 0.490 e. The van der Waals surface area contributed by atoms with Crippen molar-refractivity contribution < 1.29 is 28.7 Å². The highest BCUT2D eigenvalue weighted by atomic mass is 16.5. The Morgan fingerprint density at radius 1 is 0.830 bits per heavy atom. The van der Waals surface area contributed by atoms with E-state index >= 15 is 0 Å². The second-order valence-corrected chi connectivity index (χ2v) is 12.7. The molecule has 3 heterocycles. The predicted molar refractivity (Wildman–Crippen MR) is 173 cm³/mol. The number of carbonyl (C=O) groups excluding carboxylic acids is 4. The molecule has 10 nitrogen and oxygen atoms in total. The number of fused-ring (bicyclic) bond motifs is 1. The van der Waals surface area contributed by atoms with E-state index in [9.17, 15) is 19.2 Å². The first-order valence-corrected chi connectivity index (χ1v) is 15.7. The number of benzene rings is 3. The third kappa shape index (κ3) is 5.94. The van der Waals surface area contributed by atoms with Crippen molar-refractivity contribution in [2.24, 2.45) is 0 Å². The number of ether oxygens (including phenoxy) is 2. The molecular weight excluding hydrogens is 596 g/mol. The average molecular weight is 631 g/mol. The molecule has 1 saturated heterocycles. The smallest absolute Gasteiger partial charge is 0.262 e. The summed E-state index contributed by atoms with van der Waals surface area (Å²) in [6.45, 7) is 4.38. The molecule has 10 heteroatoms. The van der Waals surface area contributed by atoms with Crippen molar-refractivity contribution in [3.8, 4) is 17.2 Å². The molecule has 1 atom stereocenters. The van der Waals surface area contributed by atoms with Gasteiger partial charge in [-0.15, -0.1) is 0 Å². The normalized spacial score (nSPS) is 20.7. The van der Waals surface area contributed by atoms with Crippen LogP contribution in [0.5, 0.6) is 17.2 Å². The number of amides is 4. The molecule has 3 aliphatic rings. The van der Waals surface area contributed by atoms with Crippen molar-refractivity contribution in [2.45, 2.75) is 63.1 Å². The lowest BCUT2D eigenvalue weighted by Crippen LogP contribution is -2.54. The molecule has 2 aliphatic heterocycles. The third-order valence-electron chi connectivity index (χ3n) is 9.23. The van der Waals surface area contributed by atoms with Crippen LogP contribution in [0.25, 0.3) is 0 Å². The number of hydrogen-bond acceptors (Lipinski definition) is 8. The number of nitrogens with zero attached hydrogens (tertiary/aromatic N) is 2. The summed E-state index contributed by atoms with van der Waals surface area (Å²) in [4.78, 5) is 55.0. The number of anilines is 1. The van der Waals surface area contributed by atoms with Gasteiger partial charge in [-0.3, -0.25) is 34.4 Å². The fourth-order valence-corrected chi connectivity index (χ4v) is 6.37. The minimum atomic E-state index is -0.980. The van der Waals surface area contributed by atoms with Crippen molar-refractivity contribution >= 4 is 29.3 Å². The van der Waals surface area contributed by atoms with Crippen LogP contribution < -0.4 is 20.1 Å². The highest BCUT2D eigenvalue weighted by Gasteiger charge is 2.44. The maximum absolute atomic E-state index is 13.1. The molecule has 2 fully saturated rings. The maximum Gasteiger partial charge on any atom is 0.262 e. The lowest BCUT2D eigenvalue weighted by atomic mass is 9.78. The molecule has 1 aromatic heterocycles. The van der Waals surface area contributed by atoms with Gasteiger partial charge in [-0.05, 0) is 72.1 Å². The molecule has 0 radical (unpaired) electrons. The summed E-state index contributed by atoms with van der Waals surface area (Å²) in [6, 6.07) is 24.3. The molecule has 0 spiro atoms. The minimum absolute atomic E-state index is 0.0550. The van der Waals surface area contributed by atoms with Crippen LogP contribution in [-0.2, 0) is 15.0 Å². The van der Waals surface area contributed by atoms with E-state index in [1.807, 2.05) is 36.4 Å². The standard InChI is InChI=1S/C37H34N4O6/c1-37(2,22-5-10-26(11-6-22)46-28-4-3-17-38-21-28)23-7-12-27(13-8-23)47-29-18-25(19-29)39-24-9-14-30-31(20-24)36(45)41(35(30)44)32-15-16-33(42)40-34(32)43/h3-14,17,20-21,25,29,32,39H,15-16,18-19H2,1-2H3,(H,40,42,43). The molecular formula is C37H34N4O6. The zero-order valence-electron chi connectivity index (χ0n) is 26.1. The van der Waals surface area contributed by atoms with Crippen LogP contribution in [0, 0.1) is 0 Å². The topological polar surface area (TPSA) is 127 Å². The molecule has 4 aromatic rings. The first-order chi connectivity index (χ1) is 22.7. The van der Waals surface area contributed by atoms with E-state index < -0.39 is 29.7 Å². The number of nitrogens with one attached hydrogen (secondary N) is 2. The highest BCUT2D eigenvalue weighted by molar-refractivity contribution is 6.23. The van der Waals surface area contributed by atoms with E-state index in [1.165, 1.54) is 11.1 Å². The Kier molecular flexibility index (Phi) is 7.71. The Morgan fingerprint density at radius 2 is 1.51 bits per heavy atom. The Morgan fingerprint density at radius 3 is 2.17 bits per heavy atom. The van der Waals surface area contributed by atoms with Gasteiger partial charge in [-0.2, -0.15) is 0 Å². The number of aromatic nitrogens is 1. The Bertz CT molecular complexity index is 1850. The molecule has 47 heavy (non-hydrogen) atoms. The van der Waals surface area contributed by atoms with Gasteiger partial charge in [0, 0.05) is 42.6 Å². The van der Waals surface area contributed by atoms with Crippen molar-refractivity contribution in [2.75, 3.05) is 5.32 Å². The summed E-state index contributed by atoms with van der Waals surface area (Å²) in [5.41, 5.74) is 3.35. The lowest BCUT2D eigenvalue weighted by Gasteiger charge is -2.36. The van der Waals surface area contributed by atoms with Gasteiger partial charge in [-0.1, -0.05) is 38.1 Å². The van der Waals surface area contributed by atoms with Crippen LogP contribution in [-0.4, -0.2) is 51.7 Å². The Balaban J connectivity index is 0.921. The molecule has 7 rings (SSSR count). The van der Waals surface area contributed by atoms with Gasteiger partial charge in [0.25, 0.3) is 11.8 Å². The van der Waals surface area contributed by atoms with E-state index in [0.29, 0.717) is 5.75 Å². The fraction of sp³-hybridized carbons (Fsp3) is 0.270. The molecule has 3 aromatic carbocycles. The number of rotatable bonds is 9. The molecule has 2 N–H and O–H groups in total. The summed E-state index contributed by atoms with van der Waals surface area (Å²) in [7, 11) is 0. The van der Waals surface area contributed by atoms with Gasteiger partial charge >= 0.3 is 0 Å². The summed E-state index contributed by atoms with van der Waals surface area (Å²) >= 11 is 0. The van der Waals surface area contributed by atoms with Crippen molar-refractivity contribution in [1.82, 2.24) is 15.2 Å². The number of carbonyl (C=O) groups is 4. The van der Waals surface area contributed by atoms with Gasteiger partial charge in [-0.25, -0.2) is 0 Å². The first-order valence-electron chi connectivity index (χ1n) is 15.7. The van der Waals surface area contributed by atoms with E-state index in [1.54, 1.807) is 30.6 Å². The highest BCUT2D eigenvalue weighted by Crippen LogP contribution is 2.36. The molecule has 4 amide bonds. The van der Waals surface area contributed by atoms with Gasteiger partial charge in [0.2, 0.25) is 11.8 Å². The summed E-state index contributed by atoms with van der Waals surface area (Å²) < 4.78 is 12.1. The summed E-state index contributed by atoms with van der Waals surface area (Å²) in [5, 5.41) is 5.65. The second kappa shape index (κ2) is 12.0. The van der Waals surface area contributed by atoms with Crippen LogP contribution in [0.15, 0.2) is 91.3 Å². The zero-order chi connectivity index (χ0) is 32.7. The number of piperidine rings is 1. The predicted octanol–water partition coefficient (Wildman–Crippen LogP) is 5.62. The van der Waals surface area contributed by atoms with Gasteiger partial charge in [0.1, 0.15) is 29.4 Å². The van der Waals surface area contributed by atoms with E-state index in [2.05, 4.69) is 53.7 Å². The van der Waals surface area contributed by atoms with Crippen molar-refractivity contribution in [3.63, 3.8) is 0 Å². The molecule has 1 aliphatic carbocycles. The quantitative estimate of drug-likeness (QED) is 0.228. The monoisotopic (exact) mass is 630 g/mol. The molecule has 238 valence electrons. The maximum atomic E-state index is 13.1. The van der Waals surface area contributed by atoms with Crippen LogP contribution in [0.3, 0.4) is 0 Å². The Labute approximate surface area is 272 Å². The number of pyridine rings is 1. The molecule has 1 saturated carbocycles. The Hall–Kier alpha value is -5.51. The van der Waals surface area contributed by atoms with Crippen LogP contribution in [0.1, 0.15) is 71.4 Å². The average Bonchev–Trinajstić information content (AvgIpc) is 3.29. The number of hydrogen-bond donors (Lipinski definition) is 2. The molecule has 1 unspecified atom stereocenters. The van der Waals surface area contributed by atoms with Gasteiger partial charge in [0.15, 0.2) is 0 Å². The van der Waals surface area contributed by atoms with Crippen molar-refractivity contribution in [1.29, 1.82) is 0 Å². The van der Waals surface area contributed by atoms with Crippen LogP contribution in [0.4, 0.5) is 5.69 Å². The zero-order valence-corrected chi connectivity index (χ0v) is 26.1. The summed E-state index contributed by atoms with van der Waals surface area (Å²) in [5.74, 6) is 0.212. The van der Waals surface area contributed by atoms with E-state index in [-0.39, 0.29) is 41.5 Å². The molecule has 0 bridgehead atoms. The lowest BCUT2D eigenvalue weighted by molar-refractivity contribution is -0.136.